The molecule has 1 unspecified atom stereocenters. The molecule has 0 amide bonds. The summed E-state index contributed by atoms with van der Waals surface area (Å²) in [7, 11) is -6.29. The van der Waals surface area contributed by atoms with E-state index in [1.54, 1.807) is 6.07 Å². The first-order valence-corrected chi connectivity index (χ1v) is 16.5. The monoisotopic (exact) mass is 534 g/mol. The molecule has 0 aliphatic heterocycles. The largest absolute Gasteiger partial charge is 0.444 e. The summed E-state index contributed by atoms with van der Waals surface area (Å²) in [4.78, 5) is 27.7. The van der Waals surface area contributed by atoms with Crippen LogP contribution in [0.4, 0.5) is 8.78 Å². The first kappa shape index (κ1) is 29.0. The molecule has 9 heteroatoms. The van der Waals surface area contributed by atoms with Crippen molar-refractivity contribution < 1.29 is 32.5 Å². The summed E-state index contributed by atoms with van der Waals surface area (Å²) in [6.07, 6.45) is 14.2. The zero-order chi connectivity index (χ0) is 25.4. The minimum Gasteiger partial charge on any atom is -0.444 e. The van der Waals surface area contributed by atoms with Gasteiger partial charge in [-0.15, -0.1) is 0 Å². The van der Waals surface area contributed by atoms with Gasteiger partial charge in [-0.1, -0.05) is 51.5 Å². The van der Waals surface area contributed by atoms with Gasteiger partial charge in [0.25, 0.3) is 0 Å². The van der Waals surface area contributed by atoms with Crippen LogP contribution >= 0.6 is 16.0 Å². The molecule has 0 radical (unpaired) electrons. The zero-order valence-corrected chi connectivity index (χ0v) is 22.7. The Kier molecular flexibility index (Phi) is 11.4. The van der Waals surface area contributed by atoms with Crippen molar-refractivity contribution in [2.75, 3.05) is 12.3 Å². The molecule has 2 aliphatic rings. The molecule has 200 valence electrons. The van der Waals surface area contributed by atoms with E-state index in [4.69, 9.17) is 14.3 Å². The van der Waals surface area contributed by atoms with Gasteiger partial charge in [0.1, 0.15) is 0 Å². The number of halogens is 2. The average molecular weight is 535 g/mol. The summed E-state index contributed by atoms with van der Waals surface area (Å²) in [6.45, 7) is 2.25. The predicted molar refractivity (Wildman–Crippen MR) is 137 cm³/mol. The van der Waals surface area contributed by atoms with E-state index in [2.05, 4.69) is 6.92 Å². The lowest BCUT2D eigenvalue weighted by molar-refractivity contribution is 0.155. The van der Waals surface area contributed by atoms with Crippen LogP contribution in [0, 0.1) is 29.4 Å². The normalized spacial score (nSPS) is 26.5. The second-order valence-electron chi connectivity index (χ2n) is 10.6. The summed E-state index contributed by atoms with van der Waals surface area (Å²) in [5.74, 6) is 0.0340. The van der Waals surface area contributed by atoms with E-state index < -0.39 is 27.6 Å². The van der Waals surface area contributed by atoms with Gasteiger partial charge < -0.3 is 19.2 Å². The highest BCUT2D eigenvalue weighted by Crippen LogP contribution is 2.46. The molecule has 1 aromatic carbocycles. The van der Waals surface area contributed by atoms with Crippen LogP contribution in [-0.4, -0.2) is 27.0 Å². The van der Waals surface area contributed by atoms with Gasteiger partial charge in [0.05, 0.1) is 6.16 Å². The molecule has 0 saturated heterocycles. The highest BCUT2D eigenvalue weighted by atomic mass is 31.2. The van der Waals surface area contributed by atoms with Crippen molar-refractivity contribution in [1.82, 2.24) is 0 Å². The van der Waals surface area contributed by atoms with E-state index in [9.17, 15) is 18.2 Å². The number of rotatable bonds is 12. The fourth-order valence-electron chi connectivity index (χ4n) is 6.04. The minimum atomic E-state index is -4.16. The van der Waals surface area contributed by atoms with Gasteiger partial charge in [-0.05, 0) is 80.2 Å². The van der Waals surface area contributed by atoms with Gasteiger partial charge >= 0.3 is 7.60 Å². The fraction of sp³-hybridized carbons (Fsp3) is 0.769. The van der Waals surface area contributed by atoms with E-state index in [1.807, 2.05) is 0 Å². The molecule has 2 aliphatic carbocycles. The van der Waals surface area contributed by atoms with Crippen molar-refractivity contribution >= 4 is 16.0 Å². The fourth-order valence-corrected chi connectivity index (χ4v) is 7.74. The zero-order valence-electron chi connectivity index (χ0n) is 20.9. The molecule has 2 saturated carbocycles. The Morgan fingerprint density at radius 1 is 0.943 bits per heavy atom. The van der Waals surface area contributed by atoms with Crippen LogP contribution in [0.2, 0.25) is 0 Å². The maximum Gasteiger partial charge on any atom is 0.325 e. The SMILES string of the molecule is CCCCCC1CCC(C2CCC(c3ccc(OP(O)CCCP(=O)(O)O)c(F)c3F)CC2)CC1. The molecule has 0 spiro atoms. The Morgan fingerprint density at radius 3 is 2.17 bits per heavy atom. The lowest BCUT2D eigenvalue weighted by Gasteiger charge is -2.38. The molecule has 0 heterocycles. The van der Waals surface area contributed by atoms with Crippen LogP contribution in [0.1, 0.15) is 102 Å². The Hall–Kier alpha value is -0.580. The number of unbranched alkanes of at least 4 members (excludes halogenated alkanes) is 2. The molecular weight excluding hydrogens is 492 g/mol. The second kappa shape index (κ2) is 13.8. The third-order valence-electron chi connectivity index (χ3n) is 8.06. The summed E-state index contributed by atoms with van der Waals surface area (Å²) in [5.41, 5.74) is 0.386. The van der Waals surface area contributed by atoms with E-state index >= 15 is 0 Å². The van der Waals surface area contributed by atoms with Crippen LogP contribution in [0.25, 0.3) is 0 Å². The Labute approximate surface area is 210 Å². The molecule has 3 rings (SSSR count). The summed E-state index contributed by atoms with van der Waals surface area (Å²) in [6, 6.07) is 2.94. The van der Waals surface area contributed by atoms with Gasteiger partial charge in [0.15, 0.2) is 11.6 Å². The molecule has 1 aromatic rings. The van der Waals surface area contributed by atoms with Crippen LogP contribution in [-0.2, 0) is 4.57 Å². The quantitative estimate of drug-likeness (QED) is 0.188. The van der Waals surface area contributed by atoms with Crippen molar-refractivity contribution in [3.05, 3.63) is 29.3 Å². The van der Waals surface area contributed by atoms with E-state index in [0.717, 1.165) is 37.5 Å². The van der Waals surface area contributed by atoms with E-state index in [0.29, 0.717) is 11.5 Å². The minimum absolute atomic E-state index is 0.000858. The molecule has 35 heavy (non-hydrogen) atoms. The number of hydrogen-bond acceptors (Lipinski definition) is 3. The Balaban J connectivity index is 1.47. The van der Waals surface area contributed by atoms with Crippen molar-refractivity contribution in [1.29, 1.82) is 0 Å². The van der Waals surface area contributed by atoms with Crippen molar-refractivity contribution in [2.24, 2.45) is 17.8 Å². The first-order valence-electron chi connectivity index (χ1n) is 13.3. The van der Waals surface area contributed by atoms with Gasteiger partial charge in [-0.25, -0.2) is 4.39 Å². The maximum atomic E-state index is 14.9. The number of benzene rings is 1. The Morgan fingerprint density at radius 2 is 1.57 bits per heavy atom. The van der Waals surface area contributed by atoms with E-state index in [1.165, 1.54) is 57.4 Å². The lowest BCUT2D eigenvalue weighted by atomic mass is 9.68. The van der Waals surface area contributed by atoms with Gasteiger partial charge in [0, 0.05) is 6.16 Å². The second-order valence-corrected chi connectivity index (χ2v) is 13.7. The molecule has 3 N–H and O–H groups in total. The lowest BCUT2D eigenvalue weighted by Crippen LogP contribution is -2.25. The van der Waals surface area contributed by atoms with Crippen molar-refractivity contribution in [2.45, 2.75) is 96.3 Å². The van der Waals surface area contributed by atoms with Gasteiger partial charge in [-0.2, -0.15) is 4.39 Å². The smallest absolute Gasteiger partial charge is 0.325 e. The number of hydrogen-bond donors (Lipinski definition) is 3. The van der Waals surface area contributed by atoms with Gasteiger partial charge in [-0.3, -0.25) is 4.57 Å². The summed E-state index contributed by atoms with van der Waals surface area (Å²) < 4.78 is 45.6. The third kappa shape index (κ3) is 9.04. The standard InChI is InChI=1S/C26H42F2O5P2/c1-2-3-4-6-19-7-9-20(10-8-19)21-11-13-22(14-12-21)23-15-16-24(26(28)25(23)27)33-34(29)17-5-18-35(30,31)32/h15-16,19-22,29H,2-14,17-18H2,1H3,(H2,30,31,32). The van der Waals surface area contributed by atoms with Gasteiger partial charge in [0.2, 0.25) is 14.2 Å². The highest BCUT2D eigenvalue weighted by molar-refractivity contribution is 7.51. The molecule has 0 bridgehead atoms. The van der Waals surface area contributed by atoms with Crippen molar-refractivity contribution in [3.8, 4) is 5.75 Å². The highest BCUT2D eigenvalue weighted by Gasteiger charge is 2.32. The molecule has 1 atom stereocenters. The first-order chi connectivity index (χ1) is 16.7. The molecule has 2 fully saturated rings. The average Bonchev–Trinajstić information content (AvgIpc) is 2.82. The maximum absolute atomic E-state index is 14.9. The summed E-state index contributed by atoms with van der Waals surface area (Å²) in [5, 5.41) is 0. The Bertz CT molecular complexity index is 833. The van der Waals surface area contributed by atoms with E-state index in [-0.39, 0.29) is 30.4 Å². The van der Waals surface area contributed by atoms with Crippen LogP contribution in [0.5, 0.6) is 5.75 Å². The van der Waals surface area contributed by atoms with Crippen LogP contribution in [0.15, 0.2) is 12.1 Å². The van der Waals surface area contributed by atoms with Crippen LogP contribution < -0.4 is 4.52 Å². The molecule has 0 aromatic heterocycles. The predicted octanol–water partition coefficient (Wildman–Crippen LogP) is 7.88. The molecular formula is C26H42F2O5P2. The summed E-state index contributed by atoms with van der Waals surface area (Å²) >= 11 is 0. The topological polar surface area (TPSA) is 87.0 Å². The third-order valence-corrected chi connectivity index (χ3v) is 10.1. The van der Waals surface area contributed by atoms with Crippen molar-refractivity contribution in [3.63, 3.8) is 0 Å². The van der Waals surface area contributed by atoms with Crippen LogP contribution in [0.3, 0.4) is 0 Å². The molecule has 5 nitrogen and oxygen atoms in total.